The molecule has 3 aromatic carbocycles. The number of nitrogens with zero attached hydrogens (tertiary/aromatic N) is 2. The number of benzene rings is 3. The van der Waals surface area contributed by atoms with E-state index in [9.17, 15) is 19.4 Å². The summed E-state index contributed by atoms with van der Waals surface area (Å²) in [7, 11) is -4.10. The van der Waals surface area contributed by atoms with Crippen molar-refractivity contribution in [2.75, 3.05) is 38.3 Å². The van der Waals surface area contributed by atoms with E-state index in [1.165, 1.54) is 93.9 Å². The van der Waals surface area contributed by atoms with Crippen LogP contribution in [0, 0.1) is 5.92 Å². The molecule has 10 nitrogen and oxygen atoms in total. The number of unbranched alkanes of at least 4 members (excludes halogenated alkanes) is 13. The van der Waals surface area contributed by atoms with E-state index < -0.39 is 37.6 Å². The maximum absolute atomic E-state index is 13.4. The molecule has 4 aromatic rings. The Bertz CT molecular complexity index is 1660. The van der Waals surface area contributed by atoms with Gasteiger partial charge in [0, 0.05) is 19.4 Å². The highest BCUT2D eigenvalue weighted by Gasteiger charge is 2.43. The molecule has 11 heteroatoms. The van der Waals surface area contributed by atoms with Crippen LogP contribution in [0.3, 0.4) is 0 Å². The van der Waals surface area contributed by atoms with Gasteiger partial charge in [-0.15, -0.1) is 0 Å². The number of aromatic nitrogens is 2. The lowest BCUT2D eigenvalue weighted by Gasteiger charge is -2.41. The third-order valence-corrected chi connectivity index (χ3v) is 11.9. The van der Waals surface area contributed by atoms with E-state index in [1.54, 1.807) is 0 Å². The number of aliphatic hydroxyl groups excluding tert-OH is 1. The van der Waals surface area contributed by atoms with Crippen LogP contribution in [-0.2, 0) is 24.2 Å². The number of ether oxygens (including phenoxy) is 2. The molecule has 0 radical (unpaired) electrons. The van der Waals surface area contributed by atoms with Gasteiger partial charge in [0.1, 0.15) is 17.6 Å². The molecule has 0 saturated heterocycles. The van der Waals surface area contributed by atoms with Crippen LogP contribution >= 0.6 is 7.60 Å². The molecule has 4 rings (SSSR count). The first-order valence-electron chi connectivity index (χ1n) is 21.1. The monoisotopic (exact) mass is 803 g/mol. The van der Waals surface area contributed by atoms with Crippen LogP contribution in [0.25, 0.3) is 0 Å². The van der Waals surface area contributed by atoms with E-state index in [2.05, 4.69) is 11.9 Å². The molecule has 312 valence electrons. The first kappa shape index (κ1) is 46.1. The third-order valence-electron chi connectivity index (χ3n) is 10.5. The zero-order chi connectivity index (χ0) is 40.6. The second kappa shape index (κ2) is 25.7. The number of nitrogens with two attached hydrogens (primary N) is 1. The first-order valence-corrected chi connectivity index (χ1v) is 22.9. The fraction of sp³-hybridized carbons (Fsp3) is 0.522. The maximum Gasteiger partial charge on any atom is 0.351 e. The smallest absolute Gasteiger partial charge is 0.351 e. The molecule has 0 amide bonds. The van der Waals surface area contributed by atoms with Gasteiger partial charge in [-0.2, -0.15) is 4.98 Å². The SMILES string of the molecule is CCCCCCCCCCCCCCCCOCCCP(=O)(O)OC[C@H](CO)C(OC(c1ccccc1)(c1ccccc1)c1ccccc1)n1ccc(N)nc1=O. The predicted octanol–water partition coefficient (Wildman–Crippen LogP) is 10.0. The predicted molar refractivity (Wildman–Crippen MR) is 229 cm³/mol. The van der Waals surface area contributed by atoms with Crippen LogP contribution in [0.5, 0.6) is 0 Å². The second-order valence-corrected chi connectivity index (χ2v) is 17.0. The number of aliphatic hydroxyl groups is 1. The van der Waals surface area contributed by atoms with Crippen molar-refractivity contribution in [3.63, 3.8) is 0 Å². The van der Waals surface area contributed by atoms with Gasteiger partial charge in [-0.3, -0.25) is 9.13 Å². The van der Waals surface area contributed by atoms with E-state index in [1.807, 2.05) is 91.0 Å². The van der Waals surface area contributed by atoms with Gasteiger partial charge < -0.3 is 29.7 Å². The molecule has 1 heterocycles. The van der Waals surface area contributed by atoms with Crippen LogP contribution < -0.4 is 11.4 Å². The van der Waals surface area contributed by atoms with Crippen LogP contribution in [0.2, 0.25) is 0 Å². The van der Waals surface area contributed by atoms with Gasteiger partial charge in [-0.1, -0.05) is 181 Å². The van der Waals surface area contributed by atoms with Gasteiger partial charge in [0.25, 0.3) is 0 Å². The Balaban J connectivity index is 1.33. The van der Waals surface area contributed by atoms with Crippen molar-refractivity contribution in [2.24, 2.45) is 5.92 Å². The highest BCUT2D eigenvalue weighted by Crippen LogP contribution is 2.46. The van der Waals surface area contributed by atoms with Gasteiger partial charge in [-0.05, 0) is 35.6 Å². The summed E-state index contributed by atoms with van der Waals surface area (Å²) in [5.74, 6) is -0.945. The molecule has 0 aliphatic rings. The highest BCUT2D eigenvalue weighted by atomic mass is 31.2. The lowest BCUT2D eigenvalue weighted by atomic mass is 9.80. The molecule has 57 heavy (non-hydrogen) atoms. The van der Waals surface area contributed by atoms with E-state index in [4.69, 9.17) is 19.7 Å². The molecule has 0 bridgehead atoms. The van der Waals surface area contributed by atoms with Gasteiger partial charge >= 0.3 is 13.3 Å². The fourth-order valence-electron chi connectivity index (χ4n) is 7.27. The molecule has 0 aliphatic heterocycles. The summed E-state index contributed by atoms with van der Waals surface area (Å²) in [6, 6.07) is 30.3. The average Bonchev–Trinajstić information content (AvgIpc) is 3.23. The first-order chi connectivity index (χ1) is 27.8. The minimum absolute atomic E-state index is 0.0265. The topological polar surface area (TPSA) is 146 Å². The summed E-state index contributed by atoms with van der Waals surface area (Å²) in [6.07, 6.45) is 18.6. The molecule has 1 aromatic heterocycles. The zero-order valence-electron chi connectivity index (χ0n) is 34.0. The quantitative estimate of drug-likeness (QED) is 0.0266. The lowest BCUT2D eigenvalue weighted by molar-refractivity contribution is -0.132. The Morgan fingerprint density at radius 1 is 0.702 bits per heavy atom. The van der Waals surface area contributed by atoms with Crippen molar-refractivity contribution >= 4 is 13.4 Å². The highest BCUT2D eigenvalue weighted by molar-refractivity contribution is 7.52. The number of rotatable bonds is 30. The van der Waals surface area contributed by atoms with Crippen molar-refractivity contribution < 1.29 is 28.6 Å². The molecule has 3 atom stereocenters. The Morgan fingerprint density at radius 2 is 1.16 bits per heavy atom. The summed E-state index contributed by atoms with van der Waals surface area (Å²) < 4.78 is 33.2. The normalized spacial score (nSPS) is 13.9. The average molecular weight is 804 g/mol. The Kier molecular flexibility index (Phi) is 20.7. The van der Waals surface area contributed by atoms with Crippen molar-refractivity contribution in [2.45, 2.75) is 115 Å². The van der Waals surface area contributed by atoms with Crippen molar-refractivity contribution in [1.82, 2.24) is 9.55 Å². The molecule has 0 spiro atoms. The van der Waals surface area contributed by atoms with Gasteiger partial charge in [-0.25, -0.2) is 4.79 Å². The number of hydrogen-bond acceptors (Lipinski definition) is 8. The molecular weight excluding hydrogens is 737 g/mol. The number of hydrogen-bond donors (Lipinski definition) is 3. The van der Waals surface area contributed by atoms with E-state index in [0.29, 0.717) is 19.6 Å². The fourth-order valence-corrected chi connectivity index (χ4v) is 8.35. The summed E-state index contributed by atoms with van der Waals surface area (Å²) in [6.45, 7) is 2.33. The second-order valence-electron chi connectivity index (χ2n) is 15.0. The van der Waals surface area contributed by atoms with E-state index in [-0.39, 0.29) is 18.6 Å². The largest absolute Gasteiger partial charge is 0.396 e. The molecule has 0 fully saturated rings. The van der Waals surface area contributed by atoms with Crippen LogP contribution in [-0.4, -0.2) is 52.1 Å². The number of nitrogen functional groups attached to an aromatic ring is 1. The number of anilines is 1. The molecule has 0 aliphatic carbocycles. The Hall–Kier alpha value is -3.63. The standard InChI is InChI=1S/C46H66N3O7P/c1-2-3-4-5-6-7-8-9-10-11-12-13-14-24-34-54-35-25-36-57(52,53)55-38-39(37-50)44(49-33-32-43(47)48-45(49)51)56-46(40-26-18-15-19-27-40,41-28-20-16-21-29-41)42-30-22-17-23-31-42/h15-23,26-33,39,44,50H,2-14,24-25,34-38H2,1H3,(H,52,53)(H2,47,48,51)/t39-,44?/m0/s1. The summed E-state index contributed by atoms with van der Waals surface area (Å²) in [5, 5.41) is 10.8. The molecular formula is C46H66N3O7P. The Labute approximate surface area is 340 Å². The lowest BCUT2D eigenvalue weighted by Crippen LogP contribution is -2.43. The van der Waals surface area contributed by atoms with Gasteiger partial charge in [0.2, 0.25) is 0 Å². The third kappa shape index (κ3) is 15.2. The molecule has 2 unspecified atom stereocenters. The van der Waals surface area contributed by atoms with Crippen LogP contribution in [0.15, 0.2) is 108 Å². The van der Waals surface area contributed by atoms with Crippen molar-refractivity contribution in [3.05, 3.63) is 130 Å². The van der Waals surface area contributed by atoms with Crippen molar-refractivity contribution in [1.29, 1.82) is 0 Å². The van der Waals surface area contributed by atoms with E-state index in [0.717, 1.165) is 29.5 Å². The minimum Gasteiger partial charge on any atom is -0.396 e. The van der Waals surface area contributed by atoms with Crippen LogP contribution in [0.4, 0.5) is 5.82 Å². The van der Waals surface area contributed by atoms with Crippen LogP contribution in [0.1, 0.15) is 126 Å². The minimum atomic E-state index is -4.10. The Morgan fingerprint density at radius 3 is 1.61 bits per heavy atom. The maximum atomic E-state index is 13.4. The molecule has 4 N–H and O–H groups in total. The van der Waals surface area contributed by atoms with Gasteiger partial charge in [0.05, 0.1) is 25.3 Å². The zero-order valence-corrected chi connectivity index (χ0v) is 34.9. The van der Waals surface area contributed by atoms with Crippen molar-refractivity contribution in [3.8, 4) is 0 Å². The summed E-state index contributed by atoms with van der Waals surface area (Å²) in [5.41, 5.74) is 6.17. The molecule has 0 saturated carbocycles. The van der Waals surface area contributed by atoms with Gasteiger partial charge in [0.15, 0.2) is 0 Å². The summed E-state index contributed by atoms with van der Waals surface area (Å²) in [4.78, 5) is 28.2. The van der Waals surface area contributed by atoms with E-state index >= 15 is 0 Å². The summed E-state index contributed by atoms with van der Waals surface area (Å²) >= 11 is 0.